The lowest BCUT2D eigenvalue weighted by Gasteiger charge is -2.51. The van der Waals surface area contributed by atoms with Crippen molar-refractivity contribution >= 4 is 23.8 Å². The van der Waals surface area contributed by atoms with E-state index in [2.05, 4.69) is 0 Å². The minimum absolute atomic E-state index is 0.0751. The highest BCUT2D eigenvalue weighted by molar-refractivity contribution is 5.99. The monoisotopic (exact) mass is 443 g/mol. The predicted octanol–water partition coefficient (Wildman–Crippen LogP) is 1.04. The van der Waals surface area contributed by atoms with E-state index in [9.17, 15) is 24.3 Å². The molecule has 0 bridgehead atoms. The zero-order valence-corrected chi connectivity index (χ0v) is 18.3. The fourth-order valence-corrected chi connectivity index (χ4v) is 6.45. The first kappa shape index (κ1) is 20.9. The van der Waals surface area contributed by atoms with Crippen molar-refractivity contribution in [1.82, 2.24) is 4.90 Å². The van der Waals surface area contributed by atoms with Gasteiger partial charge in [0.15, 0.2) is 12.3 Å². The van der Waals surface area contributed by atoms with Gasteiger partial charge in [-0.25, -0.2) is 4.79 Å². The third-order valence-electron chi connectivity index (χ3n) is 7.93. The molecule has 1 aliphatic carbocycles. The van der Waals surface area contributed by atoms with Gasteiger partial charge in [-0.15, -0.1) is 0 Å². The van der Waals surface area contributed by atoms with Gasteiger partial charge in [-0.1, -0.05) is 39.0 Å². The van der Waals surface area contributed by atoms with Crippen molar-refractivity contribution in [2.24, 2.45) is 16.2 Å². The summed E-state index contributed by atoms with van der Waals surface area (Å²) in [6.07, 6.45) is -4.17. The zero-order chi connectivity index (χ0) is 23.3. The molecular formula is C23H25NO8. The Kier molecular flexibility index (Phi) is 3.99. The summed E-state index contributed by atoms with van der Waals surface area (Å²) in [7, 11) is 1.44. The summed E-state index contributed by atoms with van der Waals surface area (Å²) in [5.41, 5.74) is -5.76. The van der Waals surface area contributed by atoms with Crippen LogP contribution in [0.5, 0.6) is 0 Å². The number of esters is 3. The smallest absolute Gasteiger partial charge is 0.338 e. The Labute approximate surface area is 184 Å². The second-order valence-electron chi connectivity index (χ2n) is 10.2. The fraction of sp³-hybridized carbons (Fsp3) is 0.565. The summed E-state index contributed by atoms with van der Waals surface area (Å²) >= 11 is 0. The van der Waals surface area contributed by atoms with Crippen molar-refractivity contribution in [1.29, 1.82) is 0 Å². The summed E-state index contributed by atoms with van der Waals surface area (Å²) < 4.78 is 16.9. The van der Waals surface area contributed by atoms with Gasteiger partial charge in [0.1, 0.15) is 16.9 Å². The number of carbonyl (C=O) groups excluding carboxylic acids is 4. The largest absolute Gasteiger partial charge is 0.461 e. The lowest BCUT2D eigenvalue weighted by Crippen LogP contribution is -2.66. The van der Waals surface area contributed by atoms with E-state index >= 15 is 0 Å². The summed E-state index contributed by atoms with van der Waals surface area (Å²) in [5.74, 6) is -2.71. The number of likely N-dealkylation sites (tertiary alicyclic amines) is 1. The number of nitrogens with zero attached hydrogens (tertiary/aromatic N) is 1. The average Bonchev–Trinajstić information content (AvgIpc) is 3.33. The van der Waals surface area contributed by atoms with Gasteiger partial charge in [0.2, 0.25) is 0 Å². The molecular weight excluding hydrogens is 418 g/mol. The summed E-state index contributed by atoms with van der Waals surface area (Å²) in [6, 6.07) is 8.14. The molecule has 9 nitrogen and oxygen atoms in total. The minimum Gasteiger partial charge on any atom is -0.461 e. The van der Waals surface area contributed by atoms with Crippen molar-refractivity contribution in [2.75, 3.05) is 7.05 Å². The molecule has 3 heterocycles. The molecule has 3 aliphatic heterocycles. The van der Waals surface area contributed by atoms with Crippen molar-refractivity contribution < 1.29 is 38.5 Å². The molecule has 32 heavy (non-hydrogen) atoms. The summed E-state index contributed by atoms with van der Waals surface area (Å²) in [5, 5.41) is 12.3. The maximum atomic E-state index is 13.4. The Morgan fingerprint density at radius 1 is 1.16 bits per heavy atom. The van der Waals surface area contributed by atoms with Crippen LogP contribution >= 0.6 is 0 Å². The van der Waals surface area contributed by atoms with Crippen molar-refractivity contribution in [3.8, 4) is 0 Å². The first-order chi connectivity index (χ1) is 14.9. The molecule has 3 saturated heterocycles. The van der Waals surface area contributed by atoms with E-state index in [4.69, 9.17) is 14.2 Å². The molecule has 6 atom stereocenters. The molecule has 1 saturated carbocycles. The van der Waals surface area contributed by atoms with Crippen LogP contribution in [-0.4, -0.2) is 64.9 Å². The maximum Gasteiger partial charge on any atom is 0.338 e. The number of rotatable bonds is 2. The van der Waals surface area contributed by atoms with Crippen molar-refractivity contribution in [2.45, 2.75) is 57.6 Å². The van der Waals surface area contributed by atoms with Crippen LogP contribution in [0.1, 0.15) is 44.0 Å². The van der Waals surface area contributed by atoms with Crippen molar-refractivity contribution in [3.63, 3.8) is 0 Å². The van der Waals surface area contributed by atoms with Crippen LogP contribution in [0.15, 0.2) is 30.3 Å². The minimum atomic E-state index is -1.73. The number of amides is 1. The van der Waals surface area contributed by atoms with E-state index in [1.54, 1.807) is 51.1 Å². The fourth-order valence-electron chi connectivity index (χ4n) is 6.45. The molecule has 9 heteroatoms. The molecule has 1 aromatic rings. The van der Waals surface area contributed by atoms with Gasteiger partial charge in [0.05, 0.1) is 17.6 Å². The van der Waals surface area contributed by atoms with Crippen LogP contribution in [0.25, 0.3) is 0 Å². The first-order valence-corrected chi connectivity index (χ1v) is 10.6. The van der Waals surface area contributed by atoms with E-state index in [1.165, 1.54) is 11.9 Å². The zero-order valence-electron chi connectivity index (χ0n) is 18.3. The molecule has 0 radical (unpaired) electrons. The predicted molar refractivity (Wildman–Crippen MR) is 107 cm³/mol. The van der Waals surface area contributed by atoms with E-state index in [0.717, 1.165) is 0 Å². The van der Waals surface area contributed by atoms with Gasteiger partial charge in [0.25, 0.3) is 5.91 Å². The first-order valence-electron chi connectivity index (χ1n) is 10.6. The van der Waals surface area contributed by atoms with Crippen LogP contribution < -0.4 is 0 Å². The van der Waals surface area contributed by atoms with Gasteiger partial charge < -0.3 is 24.2 Å². The van der Waals surface area contributed by atoms with Crippen LogP contribution in [0.4, 0.5) is 0 Å². The lowest BCUT2D eigenvalue weighted by atomic mass is 9.52. The normalized spacial score (nSPS) is 40.0. The van der Waals surface area contributed by atoms with Crippen LogP contribution in [0.2, 0.25) is 0 Å². The van der Waals surface area contributed by atoms with Gasteiger partial charge in [-0.3, -0.25) is 14.4 Å². The Morgan fingerprint density at radius 2 is 1.81 bits per heavy atom. The molecule has 1 amide bonds. The lowest BCUT2D eigenvalue weighted by molar-refractivity contribution is -0.211. The molecule has 4 fully saturated rings. The number of ether oxygens (including phenoxy) is 3. The molecule has 2 spiro atoms. The van der Waals surface area contributed by atoms with E-state index in [-0.39, 0.29) is 18.4 Å². The van der Waals surface area contributed by atoms with Gasteiger partial charge >= 0.3 is 17.9 Å². The second kappa shape index (κ2) is 6.10. The quantitative estimate of drug-likeness (QED) is 0.532. The maximum absolute atomic E-state index is 13.4. The third kappa shape index (κ3) is 2.08. The number of likely N-dealkylation sites (N-methyl/N-ethyl adjacent to an activating group) is 1. The molecule has 4 aliphatic rings. The second-order valence-corrected chi connectivity index (χ2v) is 10.2. The van der Waals surface area contributed by atoms with Gasteiger partial charge in [-0.05, 0) is 17.5 Å². The highest BCUT2D eigenvalue weighted by Gasteiger charge is 2.93. The summed E-state index contributed by atoms with van der Waals surface area (Å²) in [6.45, 7) is 5.32. The van der Waals surface area contributed by atoms with Crippen LogP contribution in [-0.2, 0) is 28.6 Å². The Morgan fingerprint density at radius 3 is 2.44 bits per heavy atom. The highest BCUT2D eigenvalue weighted by Crippen LogP contribution is 2.76. The summed E-state index contributed by atoms with van der Waals surface area (Å²) in [4.78, 5) is 53.4. The van der Waals surface area contributed by atoms with E-state index in [0.29, 0.717) is 0 Å². The Hall–Kier alpha value is -2.94. The highest BCUT2D eigenvalue weighted by atomic mass is 16.6. The molecule has 1 aromatic carbocycles. The van der Waals surface area contributed by atoms with Gasteiger partial charge in [0, 0.05) is 13.5 Å². The number of benzene rings is 1. The van der Waals surface area contributed by atoms with Gasteiger partial charge in [-0.2, -0.15) is 0 Å². The molecule has 170 valence electrons. The Balaban J connectivity index is 1.74. The molecule has 1 unspecified atom stereocenters. The Bertz CT molecular complexity index is 1050. The average molecular weight is 443 g/mol. The molecule has 0 aromatic heterocycles. The van der Waals surface area contributed by atoms with Crippen LogP contribution in [0.3, 0.4) is 0 Å². The van der Waals surface area contributed by atoms with E-state index < -0.39 is 64.1 Å². The third-order valence-corrected chi connectivity index (χ3v) is 7.93. The van der Waals surface area contributed by atoms with Crippen LogP contribution in [0, 0.1) is 16.2 Å². The topological polar surface area (TPSA) is 119 Å². The number of aliphatic hydroxyl groups is 1. The number of hydrogen-bond donors (Lipinski definition) is 1. The SMILES string of the molecule is CN1C(=O)[C@H](OC(=O)c2ccccc2)C23[C@@H]1OC(=O)[C@@]21CC(=O)O[C@H]1C[C@@]3(O)C(C)(C)C. The number of hydrogen-bond acceptors (Lipinski definition) is 8. The van der Waals surface area contributed by atoms with E-state index in [1.807, 2.05) is 0 Å². The van der Waals surface area contributed by atoms with Crippen molar-refractivity contribution in [3.05, 3.63) is 35.9 Å². The molecule has 5 rings (SSSR count). The standard InChI is InChI=1S/C23H25NO8/c1-20(2,3)22(29)10-13-21(11-14(25)30-13)19(28)32-18-23(21,22)15(16(26)24(18)4)31-17(27)12-8-6-5-7-9-12/h5-9,13,15,18,29H,10-11H2,1-4H3/t13-,15-,18-,21-,22+,23?/m0/s1. The molecule has 1 N–H and O–H groups in total. The number of carbonyl (C=O) groups is 4.